The molecule has 4 heteroatoms. The van der Waals surface area contributed by atoms with E-state index in [1.165, 1.54) is 5.56 Å². The van der Waals surface area contributed by atoms with Crippen LogP contribution in [0.1, 0.15) is 32.8 Å². The number of carbonyl (C=O) groups excluding carboxylic acids is 1. The molecule has 0 saturated carbocycles. The molecule has 0 aliphatic rings. The minimum absolute atomic E-state index is 0.0298. The lowest BCUT2D eigenvalue weighted by atomic mass is 10.0. The van der Waals surface area contributed by atoms with Crippen molar-refractivity contribution >= 4 is 5.91 Å². The Morgan fingerprint density at radius 1 is 1.25 bits per heavy atom. The minimum Gasteiger partial charge on any atom is -0.497 e. The van der Waals surface area contributed by atoms with Gasteiger partial charge in [0.05, 0.1) is 7.11 Å². The molecule has 0 saturated heterocycles. The summed E-state index contributed by atoms with van der Waals surface area (Å²) in [6.45, 7) is 5.73. The van der Waals surface area contributed by atoms with E-state index in [4.69, 9.17) is 10.5 Å². The number of aryl methyl sites for hydroxylation is 1. The van der Waals surface area contributed by atoms with Gasteiger partial charge in [-0.2, -0.15) is 0 Å². The fourth-order valence-corrected chi connectivity index (χ4v) is 1.86. The highest BCUT2D eigenvalue weighted by Crippen LogP contribution is 2.13. The fourth-order valence-electron chi connectivity index (χ4n) is 1.86. The van der Waals surface area contributed by atoms with Crippen LogP contribution in [0.3, 0.4) is 0 Å². The average molecular weight is 278 g/mol. The fraction of sp³-hybridized carbons (Fsp3) is 0.562. The second-order valence-electron chi connectivity index (χ2n) is 5.44. The first-order chi connectivity index (χ1) is 9.43. The number of methoxy groups -OCH3 is 1. The molecule has 20 heavy (non-hydrogen) atoms. The van der Waals surface area contributed by atoms with Gasteiger partial charge >= 0.3 is 0 Å². The standard InChI is InChI=1S/C16H26N2O2/c1-11(18-16(19)12(2)13(3)17)5-6-14-7-9-15(20-4)10-8-14/h7-13H,5-6,17H2,1-4H3,(H,18,19). The Hall–Kier alpha value is -1.55. The SMILES string of the molecule is COc1ccc(CCC(C)NC(=O)C(C)C(C)N)cc1. The van der Waals surface area contributed by atoms with Crippen molar-refractivity contribution in [1.29, 1.82) is 0 Å². The average Bonchev–Trinajstić information content (AvgIpc) is 2.44. The molecule has 0 heterocycles. The summed E-state index contributed by atoms with van der Waals surface area (Å²) in [6.07, 6.45) is 1.84. The van der Waals surface area contributed by atoms with Crippen LogP contribution in [0, 0.1) is 5.92 Å². The molecule has 0 radical (unpaired) electrons. The van der Waals surface area contributed by atoms with Crippen LogP contribution in [0.2, 0.25) is 0 Å². The van der Waals surface area contributed by atoms with Crippen LogP contribution < -0.4 is 15.8 Å². The highest BCUT2D eigenvalue weighted by molar-refractivity contribution is 5.79. The monoisotopic (exact) mass is 278 g/mol. The van der Waals surface area contributed by atoms with Gasteiger partial charge in [0, 0.05) is 18.0 Å². The lowest BCUT2D eigenvalue weighted by Gasteiger charge is -2.19. The van der Waals surface area contributed by atoms with E-state index in [0.717, 1.165) is 18.6 Å². The molecule has 0 bridgehead atoms. The zero-order chi connectivity index (χ0) is 15.1. The van der Waals surface area contributed by atoms with E-state index in [0.29, 0.717) is 0 Å². The Labute approximate surface area is 121 Å². The number of ether oxygens (including phenoxy) is 1. The predicted molar refractivity (Wildman–Crippen MR) is 81.7 cm³/mol. The summed E-state index contributed by atoms with van der Waals surface area (Å²) in [6, 6.07) is 8.04. The quantitative estimate of drug-likeness (QED) is 0.803. The highest BCUT2D eigenvalue weighted by Gasteiger charge is 2.18. The van der Waals surface area contributed by atoms with Crippen molar-refractivity contribution < 1.29 is 9.53 Å². The van der Waals surface area contributed by atoms with Gasteiger partial charge in [-0.15, -0.1) is 0 Å². The van der Waals surface area contributed by atoms with Crippen molar-refractivity contribution in [3.05, 3.63) is 29.8 Å². The normalized spacial score (nSPS) is 15.2. The third-order valence-electron chi connectivity index (χ3n) is 3.62. The lowest BCUT2D eigenvalue weighted by Crippen LogP contribution is -2.42. The summed E-state index contributed by atoms with van der Waals surface area (Å²) in [5.74, 6) is 0.738. The van der Waals surface area contributed by atoms with Crippen LogP contribution in [0.4, 0.5) is 0 Å². The molecule has 1 aromatic carbocycles. The maximum absolute atomic E-state index is 11.9. The van der Waals surface area contributed by atoms with Crippen LogP contribution in [0.15, 0.2) is 24.3 Å². The maximum atomic E-state index is 11.9. The van der Waals surface area contributed by atoms with Crippen LogP contribution >= 0.6 is 0 Å². The van der Waals surface area contributed by atoms with Gasteiger partial charge in [0.15, 0.2) is 0 Å². The van der Waals surface area contributed by atoms with E-state index >= 15 is 0 Å². The van der Waals surface area contributed by atoms with Crippen LogP contribution in [0.5, 0.6) is 5.75 Å². The van der Waals surface area contributed by atoms with Crippen LogP contribution in [0.25, 0.3) is 0 Å². The molecular weight excluding hydrogens is 252 g/mol. The summed E-state index contributed by atoms with van der Waals surface area (Å²) in [5.41, 5.74) is 6.97. The first-order valence-corrected chi connectivity index (χ1v) is 7.13. The molecule has 1 amide bonds. The Balaban J connectivity index is 2.39. The molecule has 3 atom stereocenters. The number of amides is 1. The second-order valence-corrected chi connectivity index (χ2v) is 5.44. The van der Waals surface area contributed by atoms with Gasteiger partial charge in [0.1, 0.15) is 5.75 Å². The third kappa shape index (κ3) is 5.21. The number of nitrogens with one attached hydrogen (secondary N) is 1. The number of hydrogen-bond donors (Lipinski definition) is 2. The number of benzene rings is 1. The van der Waals surface area contributed by atoms with Crippen molar-refractivity contribution in [2.24, 2.45) is 11.7 Å². The highest BCUT2D eigenvalue weighted by atomic mass is 16.5. The largest absolute Gasteiger partial charge is 0.497 e. The Kier molecular flexibility index (Phi) is 6.52. The molecule has 0 aliphatic carbocycles. The number of rotatable bonds is 7. The third-order valence-corrected chi connectivity index (χ3v) is 3.62. The number of carbonyl (C=O) groups is 1. The van der Waals surface area contributed by atoms with Crippen LogP contribution in [-0.4, -0.2) is 25.1 Å². The van der Waals surface area contributed by atoms with Crippen molar-refractivity contribution in [1.82, 2.24) is 5.32 Å². The molecular formula is C16H26N2O2. The van der Waals surface area contributed by atoms with Gasteiger partial charge in [-0.25, -0.2) is 0 Å². The van der Waals surface area contributed by atoms with E-state index in [9.17, 15) is 4.79 Å². The van der Waals surface area contributed by atoms with Gasteiger partial charge in [-0.05, 0) is 44.4 Å². The van der Waals surface area contributed by atoms with Gasteiger partial charge in [0.2, 0.25) is 5.91 Å². The lowest BCUT2D eigenvalue weighted by molar-refractivity contribution is -0.125. The van der Waals surface area contributed by atoms with E-state index < -0.39 is 0 Å². The Morgan fingerprint density at radius 2 is 1.85 bits per heavy atom. The van der Waals surface area contributed by atoms with E-state index in [1.807, 2.05) is 32.9 Å². The van der Waals surface area contributed by atoms with Crippen molar-refractivity contribution in [2.75, 3.05) is 7.11 Å². The first-order valence-electron chi connectivity index (χ1n) is 7.13. The summed E-state index contributed by atoms with van der Waals surface area (Å²) in [7, 11) is 1.66. The first kappa shape index (κ1) is 16.5. The topological polar surface area (TPSA) is 64.3 Å². The molecule has 3 N–H and O–H groups in total. The van der Waals surface area contributed by atoms with Crippen LogP contribution in [-0.2, 0) is 11.2 Å². The van der Waals surface area contributed by atoms with Crippen molar-refractivity contribution in [3.63, 3.8) is 0 Å². The van der Waals surface area contributed by atoms with Gasteiger partial charge in [0.25, 0.3) is 0 Å². The zero-order valence-corrected chi connectivity index (χ0v) is 12.8. The molecule has 0 fully saturated rings. The minimum atomic E-state index is -0.154. The molecule has 3 unspecified atom stereocenters. The molecule has 0 aliphatic heterocycles. The number of nitrogens with two attached hydrogens (primary N) is 1. The number of hydrogen-bond acceptors (Lipinski definition) is 3. The summed E-state index contributed by atoms with van der Waals surface area (Å²) in [5, 5.41) is 3.01. The molecule has 1 rings (SSSR count). The van der Waals surface area contributed by atoms with E-state index in [2.05, 4.69) is 17.4 Å². The van der Waals surface area contributed by atoms with Gasteiger partial charge < -0.3 is 15.8 Å². The van der Waals surface area contributed by atoms with Gasteiger partial charge in [-0.1, -0.05) is 19.1 Å². The Morgan fingerprint density at radius 3 is 2.35 bits per heavy atom. The second kappa shape index (κ2) is 7.90. The van der Waals surface area contributed by atoms with Crippen molar-refractivity contribution in [2.45, 2.75) is 45.7 Å². The predicted octanol–water partition coefficient (Wildman–Crippen LogP) is 2.12. The zero-order valence-electron chi connectivity index (χ0n) is 12.8. The van der Waals surface area contributed by atoms with Crippen molar-refractivity contribution in [3.8, 4) is 5.75 Å². The Bertz CT molecular complexity index is 415. The van der Waals surface area contributed by atoms with E-state index in [-0.39, 0.29) is 23.9 Å². The molecule has 1 aromatic rings. The summed E-state index contributed by atoms with van der Waals surface area (Å²) >= 11 is 0. The summed E-state index contributed by atoms with van der Waals surface area (Å²) in [4.78, 5) is 11.9. The molecule has 112 valence electrons. The van der Waals surface area contributed by atoms with E-state index in [1.54, 1.807) is 7.11 Å². The molecule has 0 aromatic heterocycles. The smallest absolute Gasteiger partial charge is 0.224 e. The molecule has 4 nitrogen and oxygen atoms in total. The summed E-state index contributed by atoms with van der Waals surface area (Å²) < 4.78 is 5.13. The maximum Gasteiger partial charge on any atom is 0.224 e. The van der Waals surface area contributed by atoms with Gasteiger partial charge in [-0.3, -0.25) is 4.79 Å². The molecule has 0 spiro atoms.